The molecule has 7 nitrogen and oxygen atoms in total. The van der Waals surface area contributed by atoms with Gasteiger partial charge in [0.1, 0.15) is 10.6 Å². The molecular weight excluding hydrogens is 276 g/mol. The molecule has 1 amide bonds. The maximum absolute atomic E-state index is 11.2. The Morgan fingerprint density at radius 3 is 3.05 bits per heavy atom. The maximum Gasteiger partial charge on any atom is 0.240 e. The van der Waals surface area contributed by atoms with Crippen LogP contribution < -0.4 is 21.9 Å². The van der Waals surface area contributed by atoms with Crippen LogP contribution in [0.2, 0.25) is 0 Å². The third-order valence-corrected chi connectivity index (χ3v) is 4.20. The van der Waals surface area contributed by atoms with Crippen LogP contribution in [0.5, 0.6) is 0 Å². The molecule has 1 aliphatic heterocycles. The van der Waals surface area contributed by atoms with Crippen molar-refractivity contribution in [3.8, 4) is 0 Å². The van der Waals surface area contributed by atoms with Gasteiger partial charge in [-0.05, 0) is 19.4 Å². The molecule has 1 saturated heterocycles. The smallest absolute Gasteiger partial charge is 0.240 e. The van der Waals surface area contributed by atoms with E-state index in [0.29, 0.717) is 18.9 Å². The van der Waals surface area contributed by atoms with Crippen LogP contribution in [0.1, 0.15) is 17.7 Å². The number of nitrogens with two attached hydrogens (primary N) is 1. The van der Waals surface area contributed by atoms with Crippen LogP contribution in [0.3, 0.4) is 0 Å². The van der Waals surface area contributed by atoms with Gasteiger partial charge in [-0.1, -0.05) is 0 Å². The number of hydrogen-bond donors (Lipinski definition) is 4. The van der Waals surface area contributed by atoms with Crippen molar-refractivity contribution in [2.24, 2.45) is 5.84 Å². The monoisotopic (exact) mass is 292 g/mol. The summed E-state index contributed by atoms with van der Waals surface area (Å²) >= 11 is 1.60. The minimum absolute atomic E-state index is 0.103. The Balaban J connectivity index is 1.91. The van der Waals surface area contributed by atoms with E-state index >= 15 is 0 Å². The zero-order valence-corrected chi connectivity index (χ0v) is 11.9. The fourth-order valence-corrected chi connectivity index (χ4v) is 3.15. The van der Waals surface area contributed by atoms with Crippen LogP contribution in [0.25, 0.3) is 10.2 Å². The highest BCUT2D eigenvalue weighted by molar-refractivity contribution is 7.18. The average Bonchev–Trinajstić information content (AvgIpc) is 2.81. The molecule has 1 atom stereocenters. The summed E-state index contributed by atoms with van der Waals surface area (Å²) < 4.78 is 0. The minimum atomic E-state index is 0.103. The normalized spacial score (nSPS) is 18.9. The summed E-state index contributed by atoms with van der Waals surface area (Å²) in [6.45, 7) is 2.64. The van der Waals surface area contributed by atoms with Gasteiger partial charge in [-0.25, -0.2) is 10.8 Å². The molecule has 20 heavy (non-hydrogen) atoms. The molecule has 5 N–H and O–H groups in total. The summed E-state index contributed by atoms with van der Waals surface area (Å²) in [6.07, 6.45) is 1.34. The summed E-state index contributed by atoms with van der Waals surface area (Å²) in [5, 5.41) is 7.22. The van der Waals surface area contributed by atoms with Crippen molar-refractivity contribution in [2.75, 3.05) is 17.3 Å². The molecule has 0 aromatic carbocycles. The molecule has 1 fully saturated rings. The number of hydrazine groups is 1. The van der Waals surface area contributed by atoms with Crippen molar-refractivity contribution in [3.63, 3.8) is 0 Å². The number of aromatic nitrogens is 2. The van der Waals surface area contributed by atoms with Crippen LogP contribution in [0.15, 0.2) is 6.07 Å². The number of thiophene rings is 1. The summed E-state index contributed by atoms with van der Waals surface area (Å²) in [7, 11) is 0. The SMILES string of the molecule is Cc1cc2c(NC3CCC(=O)NC3)nc(NN)nc2s1. The fourth-order valence-electron chi connectivity index (χ4n) is 2.27. The summed E-state index contributed by atoms with van der Waals surface area (Å²) in [5.74, 6) is 6.66. The van der Waals surface area contributed by atoms with Gasteiger partial charge in [0.05, 0.1) is 5.39 Å². The molecule has 0 aliphatic carbocycles. The van der Waals surface area contributed by atoms with E-state index in [0.717, 1.165) is 22.5 Å². The van der Waals surface area contributed by atoms with E-state index < -0.39 is 0 Å². The predicted octanol–water partition coefficient (Wildman–Crippen LogP) is 0.976. The van der Waals surface area contributed by atoms with Gasteiger partial charge in [0, 0.05) is 23.9 Å². The highest BCUT2D eigenvalue weighted by Gasteiger charge is 2.20. The first-order valence-corrected chi connectivity index (χ1v) is 7.25. The molecule has 8 heteroatoms. The van der Waals surface area contributed by atoms with Crippen LogP contribution in [-0.4, -0.2) is 28.5 Å². The number of nitrogen functional groups attached to an aromatic ring is 1. The molecule has 3 heterocycles. The second-order valence-electron chi connectivity index (χ2n) is 4.80. The average molecular weight is 292 g/mol. The van der Waals surface area contributed by atoms with E-state index in [-0.39, 0.29) is 11.9 Å². The first kappa shape index (κ1) is 13.1. The second kappa shape index (κ2) is 5.22. The Kier molecular flexibility index (Phi) is 3.41. The predicted molar refractivity (Wildman–Crippen MR) is 79.6 cm³/mol. The molecule has 0 spiro atoms. The fraction of sp³-hybridized carbons (Fsp3) is 0.417. The van der Waals surface area contributed by atoms with E-state index in [9.17, 15) is 4.79 Å². The van der Waals surface area contributed by atoms with Crippen LogP contribution >= 0.6 is 11.3 Å². The number of fused-ring (bicyclic) bond motifs is 1. The van der Waals surface area contributed by atoms with Gasteiger partial charge < -0.3 is 10.6 Å². The van der Waals surface area contributed by atoms with E-state index in [1.54, 1.807) is 11.3 Å². The van der Waals surface area contributed by atoms with Gasteiger partial charge in [-0.3, -0.25) is 10.2 Å². The summed E-state index contributed by atoms with van der Waals surface area (Å²) in [5.41, 5.74) is 2.49. The first-order chi connectivity index (χ1) is 9.65. The molecule has 1 aliphatic rings. The van der Waals surface area contributed by atoms with Gasteiger partial charge >= 0.3 is 0 Å². The third-order valence-electron chi connectivity index (χ3n) is 3.25. The summed E-state index contributed by atoms with van der Waals surface area (Å²) in [6, 6.07) is 2.24. The molecule has 1 unspecified atom stereocenters. The van der Waals surface area contributed by atoms with E-state index in [2.05, 4.69) is 32.1 Å². The zero-order valence-electron chi connectivity index (χ0n) is 11.1. The molecule has 0 saturated carbocycles. The lowest BCUT2D eigenvalue weighted by molar-refractivity contribution is -0.122. The van der Waals surface area contributed by atoms with Crippen molar-refractivity contribution in [3.05, 3.63) is 10.9 Å². The number of hydrogen-bond acceptors (Lipinski definition) is 7. The number of carbonyl (C=O) groups is 1. The van der Waals surface area contributed by atoms with Gasteiger partial charge in [-0.15, -0.1) is 11.3 Å². The van der Waals surface area contributed by atoms with E-state index in [1.165, 1.54) is 4.88 Å². The lowest BCUT2D eigenvalue weighted by Gasteiger charge is -2.24. The lowest BCUT2D eigenvalue weighted by Crippen LogP contribution is -2.42. The summed E-state index contributed by atoms with van der Waals surface area (Å²) in [4.78, 5) is 22.0. The second-order valence-corrected chi connectivity index (χ2v) is 6.03. The van der Waals surface area contributed by atoms with Gasteiger partial charge in [0.15, 0.2) is 0 Å². The number of anilines is 2. The van der Waals surface area contributed by atoms with E-state index in [4.69, 9.17) is 5.84 Å². The van der Waals surface area contributed by atoms with E-state index in [1.807, 2.05) is 6.92 Å². The number of carbonyl (C=O) groups excluding carboxylic acids is 1. The molecule has 0 radical (unpaired) electrons. The molecule has 0 bridgehead atoms. The number of nitrogens with one attached hydrogen (secondary N) is 3. The quantitative estimate of drug-likeness (QED) is 0.496. The van der Waals surface area contributed by atoms with Gasteiger partial charge in [-0.2, -0.15) is 4.98 Å². The molecule has 3 rings (SSSR count). The first-order valence-electron chi connectivity index (χ1n) is 6.44. The van der Waals surface area contributed by atoms with Crippen molar-refractivity contribution in [1.29, 1.82) is 0 Å². The van der Waals surface area contributed by atoms with Crippen molar-refractivity contribution in [2.45, 2.75) is 25.8 Å². The maximum atomic E-state index is 11.2. The zero-order chi connectivity index (χ0) is 14.1. The number of nitrogens with zero attached hydrogens (tertiary/aromatic N) is 2. The Morgan fingerprint density at radius 2 is 2.35 bits per heavy atom. The van der Waals surface area contributed by atoms with Gasteiger partial charge in [0.25, 0.3) is 0 Å². The van der Waals surface area contributed by atoms with Crippen molar-refractivity contribution < 1.29 is 4.79 Å². The van der Waals surface area contributed by atoms with Crippen molar-refractivity contribution in [1.82, 2.24) is 15.3 Å². The topological polar surface area (TPSA) is 105 Å². The van der Waals surface area contributed by atoms with Crippen LogP contribution in [0.4, 0.5) is 11.8 Å². The van der Waals surface area contributed by atoms with Crippen molar-refractivity contribution >= 4 is 39.2 Å². The molecule has 2 aromatic heterocycles. The Bertz CT molecular complexity index is 645. The molecule has 106 valence electrons. The Morgan fingerprint density at radius 1 is 1.50 bits per heavy atom. The number of amides is 1. The highest BCUT2D eigenvalue weighted by Crippen LogP contribution is 2.30. The van der Waals surface area contributed by atoms with Gasteiger partial charge in [0.2, 0.25) is 11.9 Å². The number of aryl methyl sites for hydroxylation is 1. The highest BCUT2D eigenvalue weighted by atomic mass is 32.1. The lowest BCUT2D eigenvalue weighted by atomic mass is 10.1. The Hall–Kier alpha value is -1.93. The number of piperidine rings is 1. The molecule has 2 aromatic rings. The largest absolute Gasteiger partial charge is 0.365 e. The van der Waals surface area contributed by atoms with Crippen LogP contribution in [0, 0.1) is 6.92 Å². The minimum Gasteiger partial charge on any atom is -0.365 e. The molecular formula is C12H16N6OS. The van der Waals surface area contributed by atoms with Crippen LogP contribution in [-0.2, 0) is 4.79 Å². The Labute approximate surface area is 119 Å². The number of rotatable bonds is 3. The standard InChI is InChI=1S/C12H16N6OS/c1-6-4-8-10(15-7-2-3-9(19)14-5-7)16-12(18-13)17-11(8)20-6/h4,7H,2-3,5,13H2,1H3,(H,14,19)(H2,15,16,17,18). The third kappa shape index (κ3) is 2.52.